The van der Waals surface area contributed by atoms with Crippen molar-refractivity contribution in [3.63, 3.8) is 0 Å². The van der Waals surface area contributed by atoms with E-state index in [0.717, 1.165) is 35.8 Å². The van der Waals surface area contributed by atoms with E-state index in [0.29, 0.717) is 0 Å². The Morgan fingerprint density at radius 3 is 1.31 bits per heavy atom. The van der Waals surface area contributed by atoms with Crippen LogP contribution in [0.15, 0.2) is 53.6 Å². The molecule has 0 heterocycles. The van der Waals surface area contributed by atoms with E-state index in [9.17, 15) is 0 Å². The first-order chi connectivity index (χ1) is 23.3. The van der Waals surface area contributed by atoms with Gasteiger partial charge >= 0.3 is 0 Å². The molecule has 1 aromatic carbocycles. The van der Waals surface area contributed by atoms with Crippen molar-refractivity contribution in [2.24, 2.45) is 22.2 Å². The highest BCUT2D eigenvalue weighted by Crippen LogP contribution is 2.60. The summed E-state index contributed by atoms with van der Waals surface area (Å²) in [6.07, 6.45) is 19.6. The Morgan fingerprint density at radius 1 is 0.714 bits per heavy atom. The van der Waals surface area contributed by atoms with Crippen molar-refractivity contribution in [1.82, 2.24) is 0 Å². The lowest BCUT2D eigenvalue weighted by Gasteiger charge is -2.56. The van der Waals surface area contributed by atoms with Crippen LogP contribution in [-0.4, -0.2) is 12.8 Å². The fourth-order valence-electron chi connectivity index (χ4n) is 5.57. The highest BCUT2D eigenvalue weighted by Gasteiger charge is 2.49. The van der Waals surface area contributed by atoms with Crippen LogP contribution in [0, 0.1) is 17.3 Å². The van der Waals surface area contributed by atoms with Gasteiger partial charge in [0.2, 0.25) is 0 Å². The molecule has 0 unspecified atom stereocenters. The number of allylic oxidation sites excluding steroid dienone is 4. The Labute approximate surface area is 313 Å². The molecule has 49 heavy (non-hydrogen) atoms. The topological polar surface area (TPSA) is 12.4 Å². The fourth-order valence-corrected chi connectivity index (χ4v) is 5.57. The predicted octanol–water partition coefficient (Wildman–Crippen LogP) is 17.3. The SMILES string of the molecule is C=C(C)CC.C=CC(=C(C)C)c1ccc(CC)cc1C(C)=NC.CC.CC.CC1CC2(C1)CC(C)C2.CCCC.CCCC.CCCCC. The summed E-state index contributed by atoms with van der Waals surface area (Å²) in [4.78, 5) is 4.33. The average molecular weight is 684 g/mol. The van der Waals surface area contributed by atoms with Crippen LogP contribution < -0.4 is 0 Å². The molecule has 0 aliphatic heterocycles. The summed E-state index contributed by atoms with van der Waals surface area (Å²) in [5.74, 6) is 2.11. The Morgan fingerprint density at radius 2 is 1.10 bits per heavy atom. The molecule has 2 saturated carbocycles. The number of unbranched alkanes of at least 4 members (excludes halogenated alkanes) is 4. The summed E-state index contributed by atoms with van der Waals surface area (Å²) >= 11 is 0. The number of nitrogens with zero attached hydrogens (tertiary/aromatic N) is 1. The number of hydrogen-bond donors (Lipinski definition) is 0. The summed E-state index contributed by atoms with van der Waals surface area (Å²) in [7, 11) is 1.84. The standard InChI is InChI=1S/C17H23N.C9H16.C5H10.C5H12.2C4H10.2C2H6/c1-7-14-9-10-16(15(8-2)12(3)4)17(11-14)13(5)18-6;1-7-3-9(4-7)5-8(2)6-9;1-4-5(2)3;1-3-5-4-2;2*1-3-4-2;2*1-2/h8-11H,2,7H2,1,3-6H3;7-8H,3-6H2,1-2H3;2,4H2,1,3H3;3-5H2,1-2H3;2*3-4H2,1-2H3;2*1-2H3. The molecule has 1 aromatic rings. The van der Waals surface area contributed by atoms with E-state index >= 15 is 0 Å². The monoisotopic (exact) mass is 684 g/mol. The summed E-state index contributed by atoms with van der Waals surface area (Å²) < 4.78 is 0. The van der Waals surface area contributed by atoms with Crippen molar-refractivity contribution in [1.29, 1.82) is 0 Å². The molecule has 0 N–H and O–H groups in total. The van der Waals surface area contributed by atoms with Gasteiger partial charge in [0.1, 0.15) is 0 Å². The second-order valence-electron chi connectivity index (χ2n) is 13.9. The van der Waals surface area contributed by atoms with E-state index in [4.69, 9.17) is 0 Å². The van der Waals surface area contributed by atoms with Crippen molar-refractivity contribution >= 4 is 11.3 Å². The Bertz CT molecular complexity index is 898. The predicted molar refractivity (Wildman–Crippen MR) is 236 cm³/mol. The molecule has 290 valence electrons. The maximum atomic E-state index is 4.33. The number of benzene rings is 1. The molecule has 1 heteroatoms. The molecule has 0 amide bonds. The second kappa shape index (κ2) is 38.9. The number of aryl methyl sites for hydroxylation is 1. The maximum absolute atomic E-state index is 4.33. The van der Waals surface area contributed by atoms with Gasteiger partial charge in [-0.1, -0.05) is 178 Å². The third-order valence-electron chi connectivity index (χ3n) is 8.69. The van der Waals surface area contributed by atoms with E-state index in [1.54, 1.807) is 0 Å². The minimum absolute atomic E-state index is 0.888. The van der Waals surface area contributed by atoms with Crippen LogP contribution in [0.2, 0.25) is 0 Å². The van der Waals surface area contributed by atoms with Crippen molar-refractivity contribution in [3.05, 3.63) is 65.3 Å². The average Bonchev–Trinajstić information content (AvgIpc) is 3.10. The second-order valence-corrected chi connectivity index (χ2v) is 13.9. The van der Waals surface area contributed by atoms with E-state index in [1.165, 1.54) is 104 Å². The van der Waals surface area contributed by atoms with Gasteiger partial charge in [-0.05, 0) is 106 Å². The third kappa shape index (κ3) is 29.5. The Balaban J connectivity index is -0.000000174. The van der Waals surface area contributed by atoms with Crippen molar-refractivity contribution in [2.75, 3.05) is 7.05 Å². The molecule has 0 bridgehead atoms. The van der Waals surface area contributed by atoms with Gasteiger partial charge in [-0.15, -0.1) is 6.58 Å². The van der Waals surface area contributed by atoms with Crippen molar-refractivity contribution in [2.45, 2.75) is 208 Å². The highest BCUT2D eigenvalue weighted by molar-refractivity contribution is 6.04. The molecule has 0 saturated heterocycles. The number of aliphatic imine (C=N–C) groups is 1. The molecule has 0 atom stereocenters. The molecule has 0 radical (unpaired) electrons. The zero-order chi connectivity index (χ0) is 39.4. The van der Waals surface area contributed by atoms with E-state index in [-0.39, 0.29) is 0 Å². The Kier molecular flexibility index (Phi) is 44.8. The molecule has 0 aromatic heterocycles. The molecule has 1 spiro atoms. The minimum atomic E-state index is 0.888. The van der Waals surface area contributed by atoms with Gasteiger partial charge in [-0.3, -0.25) is 4.99 Å². The van der Waals surface area contributed by atoms with E-state index in [1.807, 2.05) is 47.7 Å². The lowest BCUT2D eigenvalue weighted by Crippen LogP contribution is -2.45. The van der Waals surface area contributed by atoms with E-state index < -0.39 is 0 Å². The first kappa shape index (κ1) is 56.5. The van der Waals surface area contributed by atoms with Crippen LogP contribution in [0.3, 0.4) is 0 Å². The van der Waals surface area contributed by atoms with Gasteiger partial charge in [0.15, 0.2) is 0 Å². The smallest absolute Gasteiger partial charge is 0.0392 e. The molecule has 2 aliphatic carbocycles. The van der Waals surface area contributed by atoms with E-state index in [2.05, 4.69) is 126 Å². The normalized spacial score (nSPS) is 17.7. The number of rotatable bonds is 9. The van der Waals surface area contributed by atoms with Crippen LogP contribution >= 0.6 is 0 Å². The first-order valence-corrected chi connectivity index (χ1v) is 20.8. The molecular formula is C48H93N. The quantitative estimate of drug-likeness (QED) is 0.140. The summed E-state index contributed by atoms with van der Waals surface area (Å²) in [5.41, 5.74) is 9.48. The zero-order valence-electron chi connectivity index (χ0n) is 37.5. The largest absolute Gasteiger partial charge is 0.293 e. The number of hydrogen-bond acceptors (Lipinski definition) is 1. The third-order valence-corrected chi connectivity index (χ3v) is 8.69. The molecular weight excluding hydrogens is 591 g/mol. The lowest BCUT2D eigenvalue weighted by atomic mass is 9.49. The van der Waals surface area contributed by atoms with Gasteiger partial charge in [0.25, 0.3) is 0 Å². The summed E-state index contributed by atoms with van der Waals surface area (Å²) in [5, 5.41) is 0. The van der Waals surface area contributed by atoms with Gasteiger partial charge in [0.05, 0.1) is 0 Å². The lowest BCUT2D eigenvalue weighted by molar-refractivity contribution is -0.0549. The molecule has 3 rings (SSSR count). The minimum Gasteiger partial charge on any atom is -0.293 e. The van der Waals surface area contributed by atoms with Gasteiger partial charge < -0.3 is 0 Å². The van der Waals surface area contributed by atoms with Crippen LogP contribution in [-0.2, 0) is 6.42 Å². The van der Waals surface area contributed by atoms with Crippen LogP contribution in [0.5, 0.6) is 0 Å². The van der Waals surface area contributed by atoms with Crippen LogP contribution in [0.4, 0.5) is 0 Å². The maximum Gasteiger partial charge on any atom is 0.0392 e. The van der Waals surface area contributed by atoms with Gasteiger partial charge in [-0.25, -0.2) is 0 Å². The van der Waals surface area contributed by atoms with Gasteiger partial charge in [-0.2, -0.15) is 0 Å². The van der Waals surface area contributed by atoms with Crippen molar-refractivity contribution in [3.8, 4) is 0 Å². The van der Waals surface area contributed by atoms with Crippen LogP contribution in [0.25, 0.3) is 5.57 Å². The highest BCUT2D eigenvalue weighted by atomic mass is 14.7. The molecule has 2 fully saturated rings. The van der Waals surface area contributed by atoms with Crippen molar-refractivity contribution < 1.29 is 0 Å². The fraction of sp³-hybridized carbons (Fsp3) is 0.729. The zero-order valence-corrected chi connectivity index (χ0v) is 37.5. The Hall–Kier alpha value is -1.89. The van der Waals surface area contributed by atoms with Gasteiger partial charge in [0, 0.05) is 18.3 Å². The van der Waals surface area contributed by atoms with Crippen LogP contribution in [0.1, 0.15) is 218 Å². The summed E-state index contributed by atoms with van der Waals surface area (Å²) in [6.45, 7) is 46.1. The molecule has 1 nitrogen and oxygen atoms in total. The molecule has 2 aliphatic rings. The first-order valence-electron chi connectivity index (χ1n) is 20.8. The summed E-state index contributed by atoms with van der Waals surface area (Å²) in [6, 6.07) is 6.62.